The molecule has 22 heavy (non-hydrogen) atoms. The van der Waals surface area contributed by atoms with Gasteiger partial charge in [0.2, 0.25) is 0 Å². The standard InChI is InChI=1S/C14H11N3O4S/c1-21-9-4-2-8(3-5-9)12-10(6-15)13(20)17-14(16-12)22-7-11(18)19/h2-5H,7H2,1H3,(H,18,19)(H,16,17,20). The lowest BCUT2D eigenvalue weighted by Gasteiger charge is -2.06. The number of thioether (sulfide) groups is 1. The second-order valence-electron chi connectivity index (χ2n) is 4.12. The Morgan fingerprint density at radius 2 is 2.14 bits per heavy atom. The molecule has 1 aromatic heterocycles. The molecule has 1 heterocycles. The summed E-state index contributed by atoms with van der Waals surface area (Å²) in [5.41, 5.74) is 0.0588. The minimum Gasteiger partial charge on any atom is -0.497 e. The Balaban J connectivity index is 2.49. The van der Waals surface area contributed by atoms with Gasteiger partial charge >= 0.3 is 5.97 Å². The van der Waals surface area contributed by atoms with E-state index in [1.165, 1.54) is 7.11 Å². The van der Waals surface area contributed by atoms with Gasteiger partial charge in [-0.15, -0.1) is 0 Å². The van der Waals surface area contributed by atoms with Gasteiger partial charge in [0, 0.05) is 5.56 Å². The van der Waals surface area contributed by atoms with Gasteiger partial charge in [-0.2, -0.15) is 5.26 Å². The first kappa shape index (κ1) is 15.6. The highest BCUT2D eigenvalue weighted by atomic mass is 32.2. The molecule has 0 aliphatic rings. The smallest absolute Gasteiger partial charge is 0.313 e. The summed E-state index contributed by atoms with van der Waals surface area (Å²) in [6, 6.07) is 8.54. The molecule has 0 amide bonds. The second kappa shape index (κ2) is 6.78. The molecule has 0 saturated carbocycles. The van der Waals surface area contributed by atoms with Gasteiger partial charge in [-0.25, -0.2) is 4.98 Å². The molecule has 2 N–H and O–H groups in total. The molecule has 0 fully saturated rings. The number of benzene rings is 1. The number of aromatic amines is 1. The van der Waals surface area contributed by atoms with Gasteiger partial charge in [0.15, 0.2) is 5.16 Å². The number of aliphatic carboxylic acids is 1. The first-order chi connectivity index (χ1) is 10.5. The molecule has 8 heteroatoms. The van der Waals surface area contributed by atoms with Crippen molar-refractivity contribution in [3.63, 3.8) is 0 Å². The van der Waals surface area contributed by atoms with E-state index in [0.29, 0.717) is 11.3 Å². The number of methoxy groups -OCH3 is 1. The van der Waals surface area contributed by atoms with Crippen molar-refractivity contribution >= 4 is 17.7 Å². The molecule has 0 radical (unpaired) electrons. The van der Waals surface area contributed by atoms with Crippen molar-refractivity contribution in [1.29, 1.82) is 5.26 Å². The predicted molar refractivity (Wildman–Crippen MR) is 79.9 cm³/mol. The van der Waals surface area contributed by atoms with Crippen molar-refractivity contribution in [2.24, 2.45) is 0 Å². The number of H-pyrrole nitrogens is 1. The minimum absolute atomic E-state index is 0.121. The number of hydrogen-bond donors (Lipinski definition) is 2. The van der Waals surface area contributed by atoms with Crippen LogP contribution < -0.4 is 10.3 Å². The first-order valence-electron chi connectivity index (χ1n) is 6.08. The zero-order valence-corrected chi connectivity index (χ0v) is 12.3. The zero-order valence-electron chi connectivity index (χ0n) is 11.5. The number of ether oxygens (including phenoxy) is 1. The lowest BCUT2D eigenvalue weighted by Crippen LogP contribution is -2.15. The van der Waals surface area contributed by atoms with Crippen LogP contribution in [0.2, 0.25) is 0 Å². The molecule has 0 saturated heterocycles. The molecule has 0 aliphatic carbocycles. The highest BCUT2D eigenvalue weighted by molar-refractivity contribution is 7.99. The van der Waals surface area contributed by atoms with Crippen LogP contribution in [0.5, 0.6) is 5.75 Å². The van der Waals surface area contributed by atoms with E-state index in [9.17, 15) is 9.59 Å². The van der Waals surface area contributed by atoms with Crippen LogP contribution in [0.4, 0.5) is 0 Å². The zero-order chi connectivity index (χ0) is 16.1. The van der Waals surface area contributed by atoms with Crippen LogP contribution in [0.15, 0.2) is 34.2 Å². The van der Waals surface area contributed by atoms with Gasteiger partial charge in [0.05, 0.1) is 18.6 Å². The van der Waals surface area contributed by atoms with E-state index in [-0.39, 0.29) is 22.2 Å². The summed E-state index contributed by atoms with van der Waals surface area (Å²) in [4.78, 5) is 29.1. The maximum atomic E-state index is 11.9. The number of hydrogen-bond acceptors (Lipinski definition) is 6. The molecule has 112 valence electrons. The summed E-state index contributed by atoms with van der Waals surface area (Å²) in [7, 11) is 1.53. The van der Waals surface area contributed by atoms with Crippen molar-refractivity contribution < 1.29 is 14.6 Å². The van der Waals surface area contributed by atoms with E-state index < -0.39 is 11.5 Å². The van der Waals surface area contributed by atoms with Crippen LogP contribution in [0, 0.1) is 11.3 Å². The first-order valence-corrected chi connectivity index (χ1v) is 7.07. The number of nitriles is 1. The summed E-state index contributed by atoms with van der Waals surface area (Å²) in [6.07, 6.45) is 0. The number of nitrogens with one attached hydrogen (secondary N) is 1. The molecule has 1 aromatic carbocycles. The fraction of sp³-hybridized carbons (Fsp3) is 0.143. The number of carboxylic acids is 1. The van der Waals surface area contributed by atoms with Crippen molar-refractivity contribution in [3.8, 4) is 23.1 Å². The maximum absolute atomic E-state index is 11.9. The monoisotopic (exact) mass is 317 g/mol. The fourth-order valence-electron chi connectivity index (χ4n) is 1.71. The highest BCUT2D eigenvalue weighted by Crippen LogP contribution is 2.24. The average molecular weight is 317 g/mol. The van der Waals surface area contributed by atoms with Gasteiger partial charge < -0.3 is 14.8 Å². The largest absolute Gasteiger partial charge is 0.497 e. The van der Waals surface area contributed by atoms with Gasteiger partial charge in [-0.3, -0.25) is 9.59 Å². The van der Waals surface area contributed by atoms with Crippen LogP contribution in [-0.2, 0) is 4.79 Å². The van der Waals surface area contributed by atoms with Crippen LogP contribution in [-0.4, -0.2) is 33.9 Å². The van der Waals surface area contributed by atoms with Crippen molar-refractivity contribution in [2.45, 2.75) is 5.16 Å². The van der Waals surface area contributed by atoms with E-state index in [0.717, 1.165) is 11.8 Å². The molecule has 0 unspecified atom stereocenters. The Morgan fingerprint density at radius 1 is 1.45 bits per heavy atom. The Kier molecular flexibility index (Phi) is 4.80. The van der Waals surface area contributed by atoms with Crippen molar-refractivity contribution in [2.75, 3.05) is 12.9 Å². The fourth-order valence-corrected chi connectivity index (χ4v) is 2.29. The summed E-state index contributed by atoms with van der Waals surface area (Å²) in [5.74, 6) is -0.632. The summed E-state index contributed by atoms with van der Waals surface area (Å²) < 4.78 is 5.05. The number of carboxylic acid groups (broad SMARTS) is 1. The molecule has 0 atom stereocenters. The number of carbonyl (C=O) groups is 1. The van der Waals surface area contributed by atoms with Gasteiger partial charge in [-0.05, 0) is 24.3 Å². The SMILES string of the molecule is COc1ccc(-c2nc(SCC(=O)O)[nH]c(=O)c2C#N)cc1. The van der Waals surface area contributed by atoms with Crippen LogP contribution in [0.3, 0.4) is 0 Å². The quantitative estimate of drug-likeness (QED) is 0.634. The molecule has 0 bridgehead atoms. The third kappa shape index (κ3) is 3.45. The molecule has 2 rings (SSSR count). The Labute approximate surface area is 129 Å². The molecule has 0 spiro atoms. The van der Waals surface area contributed by atoms with Gasteiger partial charge in [0.25, 0.3) is 5.56 Å². The Hall–Kier alpha value is -2.79. The van der Waals surface area contributed by atoms with Crippen LogP contribution in [0.25, 0.3) is 11.3 Å². The number of nitrogens with zero attached hydrogens (tertiary/aromatic N) is 2. The van der Waals surface area contributed by atoms with Crippen LogP contribution in [0.1, 0.15) is 5.56 Å². The lowest BCUT2D eigenvalue weighted by molar-refractivity contribution is -0.133. The van der Waals surface area contributed by atoms with E-state index in [2.05, 4.69) is 9.97 Å². The van der Waals surface area contributed by atoms with E-state index in [4.69, 9.17) is 15.1 Å². The Bertz CT molecular complexity index is 793. The van der Waals surface area contributed by atoms with E-state index in [1.807, 2.05) is 6.07 Å². The number of rotatable bonds is 5. The topological polar surface area (TPSA) is 116 Å². The third-order valence-corrected chi connectivity index (χ3v) is 3.56. The van der Waals surface area contributed by atoms with E-state index in [1.54, 1.807) is 24.3 Å². The molecule has 7 nitrogen and oxygen atoms in total. The van der Waals surface area contributed by atoms with E-state index >= 15 is 0 Å². The average Bonchev–Trinajstić information content (AvgIpc) is 2.52. The van der Waals surface area contributed by atoms with Crippen molar-refractivity contribution in [3.05, 3.63) is 40.2 Å². The Morgan fingerprint density at radius 3 is 2.68 bits per heavy atom. The second-order valence-corrected chi connectivity index (χ2v) is 5.08. The molecule has 0 aliphatic heterocycles. The molecular formula is C14H11N3O4S. The summed E-state index contributed by atoms with van der Waals surface area (Å²) in [6.45, 7) is 0. The third-order valence-electron chi connectivity index (χ3n) is 2.71. The maximum Gasteiger partial charge on any atom is 0.313 e. The summed E-state index contributed by atoms with van der Waals surface area (Å²) >= 11 is 0.878. The predicted octanol–water partition coefficient (Wildman–Crippen LogP) is 1.49. The number of aromatic nitrogens is 2. The normalized spacial score (nSPS) is 10.0. The molecule has 2 aromatic rings. The van der Waals surface area contributed by atoms with Gasteiger partial charge in [0.1, 0.15) is 17.4 Å². The summed E-state index contributed by atoms with van der Waals surface area (Å²) in [5, 5.41) is 18.0. The highest BCUT2D eigenvalue weighted by Gasteiger charge is 2.14. The minimum atomic E-state index is -1.02. The molecular weight excluding hydrogens is 306 g/mol. The van der Waals surface area contributed by atoms with Crippen molar-refractivity contribution in [1.82, 2.24) is 9.97 Å². The lowest BCUT2D eigenvalue weighted by atomic mass is 10.1. The van der Waals surface area contributed by atoms with Gasteiger partial charge in [-0.1, -0.05) is 11.8 Å². The van der Waals surface area contributed by atoms with Crippen LogP contribution >= 0.6 is 11.8 Å².